The molecule has 1 aromatic heterocycles. The van der Waals surface area contributed by atoms with Gasteiger partial charge in [-0.3, -0.25) is 4.90 Å². The van der Waals surface area contributed by atoms with Crippen molar-refractivity contribution >= 4 is 22.9 Å². The van der Waals surface area contributed by atoms with Crippen LogP contribution in [0.25, 0.3) is 0 Å². The Bertz CT molecular complexity index is 411. The molecular weight excluding hydrogens is 280 g/mol. The summed E-state index contributed by atoms with van der Waals surface area (Å²) >= 11 is 7.67. The second kappa shape index (κ2) is 6.10. The third-order valence-electron chi connectivity index (χ3n) is 4.03. The minimum atomic E-state index is -0.523. The summed E-state index contributed by atoms with van der Waals surface area (Å²) in [5.41, 5.74) is 5.79. The van der Waals surface area contributed by atoms with E-state index in [9.17, 15) is 5.11 Å². The van der Waals surface area contributed by atoms with Gasteiger partial charge in [0.05, 0.1) is 16.0 Å². The molecule has 1 fully saturated rings. The number of likely N-dealkylation sites (tertiary alicyclic amines) is 1. The Balaban J connectivity index is 2.15. The molecule has 1 aliphatic rings. The fraction of sp³-hybridized carbons (Fsp3) is 0.714. The molecule has 1 aliphatic heterocycles. The summed E-state index contributed by atoms with van der Waals surface area (Å²) in [7, 11) is 0. The first-order valence-corrected chi connectivity index (χ1v) is 8.09. The van der Waals surface area contributed by atoms with Gasteiger partial charge in [-0.1, -0.05) is 18.5 Å². The molecule has 0 aromatic carbocycles. The Morgan fingerprint density at radius 3 is 2.58 bits per heavy atom. The van der Waals surface area contributed by atoms with Crippen molar-refractivity contribution in [3.05, 3.63) is 21.3 Å². The predicted octanol–water partition coefficient (Wildman–Crippen LogP) is 3.03. The summed E-state index contributed by atoms with van der Waals surface area (Å²) in [6.07, 6.45) is 2.55. The largest absolute Gasteiger partial charge is 0.390 e. The molecule has 1 aromatic rings. The highest BCUT2D eigenvalue weighted by Gasteiger charge is 2.34. The Morgan fingerprint density at radius 1 is 1.47 bits per heavy atom. The number of piperidine rings is 1. The normalized spacial score (nSPS) is 23.2. The third kappa shape index (κ3) is 3.70. The molecule has 0 amide bonds. The van der Waals surface area contributed by atoms with Crippen molar-refractivity contribution in [1.82, 2.24) is 4.90 Å². The van der Waals surface area contributed by atoms with Crippen LogP contribution in [0.4, 0.5) is 0 Å². The van der Waals surface area contributed by atoms with Gasteiger partial charge in [0.15, 0.2) is 0 Å². The highest BCUT2D eigenvalue weighted by molar-refractivity contribution is 7.16. The van der Waals surface area contributed by atoms with Gasteiger partial charge in [-0.25, -0.2) is 0 Å². The fourth-order valence-corrected chi connectivity index (χ4v) is 3.93. The van der Waals surface area contributed by atoms with E-state index < -0.39 is 5.60 Å². The van der Waals surface area contributed by atoms with Gasteiger partial charge in [-0.05, 0) is 38.3 Å². The zero-order valence-corrected chi connectivity index (χ0v) is 13.2. The lowest BCUT2D eigenvalue weighted by Crippen LogP contribution is -2.48. The molecule has 2 unspecified atom stereocenters. The SMILES string of the molecule is CCC(N)C(c1ccc(Cl)s1)N1CCC(C)(O)CC1. The van der Waals surface area contributed by atoms with Crippen LogP contribution in [-0.2, 0) is 0 Å². The lowest BCUT2D eigenvalue weighted by atomic mass is 9.91. The smallest absolute Gasteiger partial charge is 0.0931 e. The van der Waals surface area contributed by atoms with Crippen molar-refractivity contribution < 1.29 is 5.11 Å². The van der Waals surface area contributed by atoms with Gasteiger partial charge >= 0.3 is 0 Å². The molecule has 19 heavy (non-hydrogen) atoms. The van der Waals surface area contributed by atoms with Crippen LogP contribution < -0.4 is 5.73 Å². The van der Waals surface area contributed by atoms with Crippen LogP contribution in [0.15, 0.2) is 12.1 Å². The Morgan fingerprint density at radius 2 is 2.11 bits per heavy atom. The molecule has 3 N–H and O–H groups in total. The van der Waals surface area contributed by atoms with Crippen molar-refractivity contribution in [2.45, 2.75) is 50.8 Å². The van der Waals surface area contributed by atoms with E-state index in [-0.39, 0.29) is 12.1 Å². The summed E-state index contributed by atoms with van der Waals surface area (Å²) in [4.78, 5) is 3.63. The number of halogens is 1. The number of thiophene rings is 1. The van der Waals surface area contributed by atoms with Crippen LogP contribution in [0.2, 0.25) is 4.34 Å². The third-order valence-corrected chi connectivity index (χ3v) is 5.33. The molecule has 2 rings (SSSR count). The van der Waals surface area contributed by atoms with Gasteiger partial charge in [0.2, 0.25) is 0 Å². The van der Waals surface area contributed by atoms with Gasteiger partial charge < -0.3 is 10.8 Å². The van der Waals surface area contributed by atoms with Crippen molar-refractivity contribution in [3.8, 4) is 0 Å². The zero-order chi connectivity index (χ0) is 14.0. The number of nitrogens with zero attached hydrogens (tertiary/aromatic N) is 1. The van der Waals surface area contributed by atoms with Crippen LogP contribution >= 0.6 is 22.9 Å². The van der Waals surface area contributed by atoms with Crippen LogP contribution in [0.3, 0.4) is 0 Å². The monoisotopic (exact) mass is 302 g/mol. The molecule has 0 aliphatic carbocycles. The van der Waals surface area contributed by atoms with E-state index in [1.807, 2.05) is 13.0 Å². The van der Waals surface area contributed by atoms with E-state index >= 15 is 0 Å². The second-order valence-electron chi connectivity index (χ2n) is 5.69. The Labute approximate surface area is 124 Å². The van der Waals surface area contributed by atoms with Gasteiger partial charge in [-0.15, -0.1) is 11.3 Å². The molecule has 108 valence electrons. The summed E-state index contributed by atoms with van der Waals surface area (Å²) < 4.78 is 0.812. The summed E-state index contributed by atoms with van der Waals surface area (Å²) in [5, 5.41) is 10.1. The highest BCUT2D eigenvalue weighted by Crippen LogP contribution is 2.35. The van der Waals surface area contributed by atoms with E-state index in [1.165, 1.54) is 4.88 Å². The molecule has 0 radical (unpaired) electrons. The number of hydrogen-bond acceptors (Lipinski definition) is 4. The molecule has 0 bridgehead atoms. The number of aliphatic hydroxyl groups is 1. The van der Waals surface area contributed by atoms with E-state index in [0.29, 0.717) is 0 Å². The molecule has 3 nitrogen and oxygen atoms in total. The predicted molar refractivity (Wildman–Crippen MR) is 81.8 cm³/mol. The average molecular weight is 303 g/mol. The molecule has 1 saturated heterocycles. The molecular formula is C14H23ClN2OS. The minimum absolute atomic E-state index is 0.109. The van der Waals surface area contributed by atoms with Crippen LogP contribution in [0, 0.1) is 0 Å². The van der Waals surface area contributed by atoms with Gasteiger partial charge in [0, 0.05) is 24.0 Å². The lowest BCUT2D eigenvalue weighted by molar-refractivity contribution is -0.0197. The summed E-state index contributed by atoms with van der Waals surface area (Å²) in [6.45, 7) is 5.82. The fourth-order valence-electron chi connectivity index (χ4n) is 2.66. The topological polar surface area (TPSA) is 49.5 Å². The Hall–Kier alpha value is -0.130. The van der Waals surface area contributed by atoms with Gasteiger partial charge in [0.25, 0.3) is 0 Å². The van der Waals surface area contributed by atoms with Crippen molar-refractivity contribution in [3.63, 3.8) is 0 Å². The van der Waals surface area contributed by atoms with Gasteiger partial charge in [-0.2, -0.15) is 0 Å². The van der Waals surface area contributed by atoms with E-state index in [2.05, 4.69) is 17.9 Å². The number of hydrogen-bond donors (Lipinski definition) is 2. The van der Waals surface area contributed by atoms with Crippen LogP contribution in [-0.4, -0.2) is 34.7 Å². The molecule has 2 atom stereocenters. The molecule has 5 heteroatoms. The van der Waals surface area contributed by atoms with Crippen LogP contribution in [0.1, 0.15) is 44.0 Å². The van der Waals surface area contributed by atoms with Crippen molar-refractivity contribution in [2.24, 2.45) is 5.73 Å². The molecule has 0 spiro atoms. The van der Waals surface area contributed by atoms with Crippen LogP contribution in [0.5, 0.6) is 0 Å². The van der Waals surface area contributed by atoms with Crippen molar-refractivity contribution in [1.29, 1.82) is 0 Å². The molecule has 0 saturated carbocycles. The first kappa shape index (κ1) is 15.3. The minimum Gasteiger partial charge on any atom is -0.390 e. The van der Waals surface area contributed by atoms with E-state index in [0.717, 1.165) is 36.7 Å². The van der Waals surface area contributed by atoms with E-state index in [4.69, 9.17) is 17.3 Å². The van der Waals surface area contributed by atoms with Gasteiger partial charge in [0.1, 0.15) is 0 Å². The zero-order valence-electron chi connectivity index (χ0n) is 11.6. The number of rotatable bonds is 4. The maximum Gasteiger partial charge on any atom is 0.0931 e. The first-order chi connectivity index (χ1) is 8.93. The molecule has 2 heterocycles. The summed E-state index contributed by atoms with van der Waals surface area (Å²) in [6, 6.07) is 4.35. The number of nitrogens with two attached hydrogens (primary N) is 1. The highest BCUT2D eigenvalue weighted by atomic mass is 35.5. The average Bonchev–Trinajstić information content (AvgIpc) is 2.78. The second-order valence-corrected chi connectivity index (χ2v) is 7.44. The van der Waals surface area contributed by atoms with Crippen molar-refractivity contribution in [2.75, 3.05) is 13.1 Å². The summed E-state index contributed by atoms with van der Waals surface area (Å²) in [5.74, 6) is 0. The Kier molecular flexibility index (Phi) is 4.90. The standard InChI is InChI=1S/C14H23ClN2OS/c1-3-10(16)13(11-4-5-12(15)19-11)17-8-6-14(2,18)7-9-17/h4-5,10,13,18H,3,6-9,16H2,1-2H3. The maximum absolute atomic E-state index is 10.1. The lowest BCUT2D eigenvalue weighted by Gasteiger charge is -2.41. The van der Waals surface area contributed by atoms with E-state index in [1.54, 1.807) is 11.3 Å². The maximum atomic E-state index is 10.1. The quantitative estimate of drug-likeness (QED) is 0.899. The first-order valence-electron chi connectivity index (χ1n) is 6.90.